The molecule has 0 fully saturated rings. The van der Waals surface area contributed by atoms with Crippen molar-refractivity contribution in [3.05, 3.63) is 44.7 Å². The first kappa shape index (κ1) is 22.9. The third-order valence-corrected chi connectivity index (χ3v) is 5.02. The number of rotatable bonds is 7. The average molecular weight is 463 g/mol. The van der Waals surface area contributed by atoms with E-state index in [2.05, 4.69) is 10.3 Å². The second-order valence-corrected chi connectivity index (χ2v) is 6.88. The molecule has 1 amide bonds. The van der Waals surface area contributed by atoms with E-state index in [0.29, 0.717) is 17.1 Å². The first-order chi connectivity index (χ1) is 13.7. The zero-order valence-electron chi connectivity index (χ0n) is 15.7. The number of nitrogen functional groups attached to an aromatic ring is 1. The maximum Gasteiger partial charge on any atom is 0.359 e. The Morgan fingerprint density at radius 2 is 1.86 bits per heavy atom. The van der Waals surface area contributed by atoms with Crippen molar-refractivity contribution in [2.45, 2.75) is 13.0 Å². The Morgan fingerprint density at radius 3 is 2.48 bits per heavy atom. The molecule has 1 aromatic heterocycles. The summed E-state index contributed by atoms with van der Waals surface area (Å²) in [5.74, 6) is -0.356. The van der Waals surface area contributed by atoms with Gasteiger partial charge in [0.1, 0.15) is 16.5 Å². The van der Waals surface area contributed by atoms with Crippen LogP contribution in [0.2, 0.25) is 15.2 Å². The van der Waals surface area contributed by atoms with E-state index in [4.69, 9.17) is 54.7 Å². The predicted molar refractivity (Wildman–Crippen MR) is 110 cm³/mol. The van der Waals surface area contributed by atoms with Crippen LogP contribution in [0, 0.1) is 0 Å². The van der Waals surface area contributed by atoms with Crippen LogP contribution < -0.4 is 20.5 Å². The molecule has 0 saturated heterocycles. The summed E-state index contributed by atoms with van der Waals surface area (Å²) in [7, 11) is 3.05. The summed E-state index contributed by atoms with van der Waals surface area (Å²) in [6.45, 7) is 1.17. The van der Waals surface area contributed by atoms with Gasteiger partial charge < -0.3 is 25.3 Å². The number of ether oxygens (including phenoxy) is 3. The number of aromatic nitrogens is 1. The number of benzene rings is 1. The lowest BCUT2D eigenvalue weighted by Gasteiger charge is -2.18. The molecule has 0 aliphatic rings. The van der Waals surface area contributed by atoms with Crippen LogP contribution >= 0.6 is 34.8 Å². The van der Waals surface area contributed by atoms with Gasteiger partial charge in [-0.15, -0.1) is 0 Å². The highest BCUT2D eigenvalue weighted by Gasteiger charge is 2.22. The Balaban J connectivity index is 2.04. The summed E-state index contributed by atoms with van der Waals surface area (Å²) < 4.78 is 15.4. The van der Waals surface area contributed by atoms with E-state index in [1.165, 1.54) is 14.2 Å². The van der Waals surface area contributed by atoms with Crippen LogP contribution in [0.5, 0.6) is 11.5 Å². The monoisotopic (exact) mass is 461 g/mol. The molecule has 1 aromatic carbocycles. The maximum atomic E-state index is 12.2. The van der Waals surface area contributed by atoms with E-state index >= 15 is 0 Å². The van der Waals surface area contributed by atoms with Gasteiger partial charge in [-0.2, -0.15) is 0 Å². The molecule has 3 N–H and O–H groups in total. The highest BCUT2D eigenvalue weighted by atomic mass is 35.5. The number of esters is 1. The van der Waals surface area contributed by atoms with Crippen LogP contribution in [0.4, 0.5) is 5.69 Å². The minimum absolute atomic E-state index is 0.0768. The zero-order chi connectivity index (χ0) is 21.7. The molecule has 1 unspecified atom stereocenters. The van der Waals surface area contributed by atoms with Gasteiger partial charge in [0, 0.05) is 5.56 Å². The number of halogens is 3. The number of anilines is 1. The van der Waals surface area contributed by atoms with Crippen molar-refractivity contribution in [3.63, 3.8) is 0 Å². The quantitative estimate of drug-likeness (QED) is 0.477. The van der Waals surface area contributed by atoms with Crippen LogP contribution in [-0.2, 0) is 9.53 Å². The van der Waals surface area contributed by atoms with E-state index in [-0.39, 0.29) is 26.6 Å². The molecule has 156 valence electrons. The Kier molecular flexibility index (Phi) is 7.78. The molecule has 1 atom stereocenters. The first-order valence-corrected chi connectivity index (χ1v) is 9.31. The highest BCUT2D eigenvalue weighted by Crippen LogP contribution is 2.34. The third-order valence-electron chi connectivity index (χ3n) is 3.88. The fourth-order valence-corrected chi connectivity index (χ4v) is 2.99. The van der Waals surface area contributed by atoms with Gasteiger partial charge in [0.25, 0.3) is 5.91 Å². The minimum atomic E-state index is -0.970. The largest absolute Gasteiger partial charge is 0.497 e. The molecular weight excluding hydrogens is 445 g/mol. The van der Waals surface area contributed by atoms with Gasteiger partial charge in [-0.1, -0.05) is 34.8 Å². The molecule has 29 heavy (non-hydrogen) atoms. The third kappa shape index (κ3) is 5.35. The zero-order valence-corrected chi connectivity index (χ0v) is 18.0. The number of pyridine rings is 1. The number of amides is 1. The molecule has 0 spiro atoms. The fourth-order valence-electron chi connectivity index (χ4n) is 2.40. The number of carbonyl (C=O) groups excluding carboxylic acids is 2. The van der Waals surface area contributed by atoms with Crippen molar-refractivity contribution in [1.29, 1.82) is 0 Å². The van der Waals surface area contributed by atoms with Crippen LogP contribution in [0.3, 0.4) is 0 Å². The molecule has 0 bridgehead atoms. The van der Waals surface area contributed by atoms with Crippen molar-refractivity contribution in [1.82, 2.24) is 10.3 Å². The van der Waals surface area contributed by atoms with Gasteiger partial charge >= 0.3 is 5.97 Å². The number of nitrogens with one attached hydrogen (secondary N) is 1. The molecule has 0 aliphatic carbocycles. The fraction of sp³-hybridized carbons (Fsp3) is 0.278. The SMILES string of the molecule is COc1ccc(OC)c(C(C)NC(=O)COC(=O)c2nc(Cl)c(Cl)c(N)c2Cl)c1. The Morgan fingerprint density at radius 1 is 1.17 bits per heavy atom. The smallest absolute Gasteiger partial charge is 0.359 e. The summed E-state index contributed by atoms with van der Waals surface area (Å²) >= 11 is 17.6. The second-order valence-electron chi connectivity index (χ2n) is 5.77. The lowest BCUT2D eigenvalue weighted by Crippen LogP contribution is -2.31. The molecule has 0 aliphatic heterocycles. The molecular formula is C18H18Cl3N3O5. The number of hydrogen-bond acceptors (Lipinski definition) is 7. The van der Waals surface area contributed by atoms with Crippen LogP contribution in [0.1, 0.15) is 29.0 Å². The van der Waals surface area contributed by atoms with Gasteiger partial charge in [0.05, 0.1) is 31.0 Å². The van der Waals surface area contributed by atoms with Crippen molar-refractivity contribution in [2.24, 2.45) is 0 Å². The van der Waals surface area contributed by atoms with Crippen molar-refractivity contribution >= 4 is 52.4 Å². The first-order valence-electron chi connectivity index (χ1n) is 8.17. The predicted octanol–water partition coefficient (Wildman–Crippen LogP) is 3.68. The topological polar surface area (TPSA) is 113 Å². The maximum absolute atomic E-state index is 12.2. The van der Waals surface area contributed by atoms with Crippen molar-refractivity contribution in [2.75, 3.05) is 26.6 Å². The van der Waals surface area contributed by atoms with E-state index in [0.717, 1.165) is 0 Å². The standard InChI is InChI=1S/C18H18Cl3N3O5/c1-8(10-6-9(27-2)4-5-11(10)28-3)23-12(25)7-29-18(26)16-13(19)15(22)14(20)17(21)24-16/h4-6,8H,7H2,1-3H3,(H2,22,24)(H,23,25). The second kappa shape index (κ2) is 9.87. The van der Waals surface area contributed by atoms with Gasteiger partial charge in [0.2, 0.25) is 0 Å². The Labute approximate surface area is 182 Å². The molecule has 2 rings (SSSR count). The number of nitrogens with zero attached hydrogens (tertiary/aromatic N) is 1. The van der Waals surface area contributed by atoms with Gasteiger partial charge in [-0.05, 0) is 25.1 Å². The summed E-state index contributed by atoms with van der Waals surface area (Å²) in [6, 6.07) is 4.74. The minimum Gasteiger partial charge on any atom is -0.497 e. The lowest BCUT2D eigenvalue weighted by molar-refractivity contribution is -0.124. The number of methoxy groups -OCH3 is 2. The average Bonchev–Trinajstić information content (AvgIpc) is 2.72. The Bertz CT molecular complexity index is 939. The molecule has 2 aromatic rings. The van der Waals surface area contributed by atoms with E-state index in [1.807, 2.05) is 0 Å². The van der Waals surface area contributed by atoms with Crippen molar-refractivity contribution in [3.8, 4) is 11.5 Å². The van der Waals surface area contributed by atoms with Crippen LogP contribution in [-0.4, -0.2) is 37.7 Å². The molecule has 0 saturated carbocycles. The van der Waals surface area contributed by atoms with Gasteiger partial charge in [0.15, 0.2) is 17.5 Å². The summed E-state index contributed by atoms with van der Waals surface area (Å²) in [5.41, 5.74) is 5.90. The lowest BCUT2D eigenvalue weighted by atomic mass is 10.1. The molecule has 1 heterocycles. The molecule has 0 radical (unpaired) electrons. The summed E-state index contributed by atoms with van der Waals surface area (Å²) in [5, 5.41) is 2.21. The van der Waals surface area contributed by atoms with E-state index < -0.39 is 24.5 Å². The summed E-state index contributed by atoms with van der Waals surface area (Å²) in [6.07, 6.45) is 0. The van der Waals surface area contributed by atoms with E-state index in [9.17, 15) is 9.59 Å². The normalized spacial score (nSPS) is 11.5. The van der Waals surface area contributed by atoms with Crippen LogP contribution in [0.25, 0.3) is 0 Å². The van der Waals surface area contributed by atoms with Crippen molar-refractivity contribution < 1.29 is 23.8 Å². The number of hydrogen-bond donors (Lipinski definition) is 2. The number of carbonyl (C=O) groups is 2. The van der Waals surface area contributed by atoms with Crippen LogP contribution in [0.15, 0.2) is 18.2 Å². The van der Waals surface area contributed by atoms with Gasteiger partial charge in [-0.3, -0.25) is 4.79 Å². The summed E-state index contributed by atoms with van der Waals surface area (Å²) in [4.78, 5) is 28.1. The highest BCUT2D eigenvalue weighted by molar-refractivity contribution is 6.46. The Hall–Kier alpha value is -2.42. The number of nitrogens with two attached hydrogens (primary N) is 1. The molecule has 11 heteroatoms. The molecule has 8 nitrogen and oxygen atoms in total. The van der Waals surface area contributed by atoms with E-state index in [1.54, 1.807) is 25.1 Å². The van der Waals surface area contributed by atoms with Gasteiger partial charge in [-0.25, -0.2) is 9.78 Å².